The highest BCUT2D eigenvalue weighted by atomic mass is 35.5. The second-order valence-corrected chi connectivity index (χ2v) is 43.5. The summed E-state index contributed by atoms with van der Waals surface area (Å²) >= 11 is 19.0. The molecule has 2 aliphatic rings. The van der Waals surface area contributed by atoms with Crippen molar-refractivity contribution in [3.05, 3.63) is 166 Å². The number of hydrogen-bond acceptors (Lipinski definition) is 24. The molecule has 9 aromatic rings. The Morgan fingerprint density at radius 3 is 1.31 bits per heavy atom. The predicted molar refractivity (Wildman–Crippen MR) is 443 cm³/mol. The molecule has 0 saturated carbocycles. The Morgan fingerprint density at radius 2 is 0.869 bits per heavy atom. The smallest absolute Gasteiger partial charge is 0.229 e. The van der Waals surface area contributed by atoms with E-state index in [-0.39, 0.29) is 37.4 Å². The molecule has 0 amide bonds. The fourth-order valence-corrected chi connectivity index (χ4v) is 17.2. The summed E-state index contributed by atoms with van der Waals surface area (Å²) in [6.45, 7) is 27.6. The predicted octanol–water partition coefficient (Wildman–Crippen LogP) is 16.1. The van der Waals surface area contributed by atoms with Gasteiger partial charge in [0.1, 0.15) is 48.0 Å². The zero-order chi connectivity index (χ0) is 77.9. The van der Waals surface area contributed by atoms with Crippen LogP contribution in [-0.4, -0.2) is 174 Å². The molecule has 572 valence electrons. The maximum atomic E-state index is 12.8. The monoisotopic (exact) mass is 1610 g/mol. The van der Waals surface area contributed by atoms with Gasteiger partial charge in [0.05, 0.1) is 75.9 Å². The largest absolute Gasteiger partial charge is 0.495 e. The molecule has 0 atom stereocenters. The van der Waals surface area contributed by atoms with Gasteiger partial charge in [0.2, 0.25) is 17.8 Å². The minimum Gasteiger partial charge on any atom is -0.495 e. The lowest BCUT2D eigenvalue weighted by Gasteiger charge is -2.42. The summed E-state index contributed by atoms with van der Waals surface area (Å²) in [6.07, 6.45) is 7.50. The number of piperazine rings is 1. The number of benzene rings is 6. The van der Waals surface area contributed by atoms with E-state index in [2.05, 4.69) is 95.7 Å². The van der Waals surface area contributed by atoms with Gasteiger partial charge in [0, 0.05) is 84.4 Å². The molecular weight excluding hydrogens is 1520 g/mol. The maximum absolute atomic E-state index is 12.8. The molecule has 3 aromatic heterocycles. The van der Waals surface area contributed by atoms with Crippen molar-refractivity contribution in [1.82, 2.24) is 39.7 Å². The first kappa shape index (κ1) is 83.2. The van der Waals surface area contributed by atoms with Crippen molar-refractivity contribution in [3.63, 3.8) is 0 Å². The molecule has 0 bridgehead atoms. The Bertz CT molecular complexity index is 5060. The first-order valence-corrected chi connectivity index (χ1v) is 46.8. The molecule has 6 N–H and O–H groups in total. The number of hydrogen-bond donors (Lipinski definition) is 6. The molecule has 32 heteroatoms. The van der Waals surface area contributed by atoms with Crippen molar-refractivity contribution >= 4 is 167 Å². The highest BCUT2D eigenvalue weighted by Crippen LogP contribution is 2.42. The zero-order valence-electron chi connectivity index (χ0n) is 62.9. The molecule has 2 aliphatic heterocycles. The first-order chi connectivity index (χ1) is 50.5. The van der Waals surface area contributed by atoms with Gasteiger partial charge in [-0.25, -0.2) is 31.8 Å². The van der Waals surface area contributed by atoms with Crippen LogP contribution in [0.1, 0.15) is 58.6 Å². The van der Waals surface area contributed by atoms with Crippen LogP contribution in [0.2, 0.25) is 15.1 Å². The fourth-order valence-electron chi connectivity index (χ4n) is 11.7. The van der Waals surface area contributed by atoms with Crippen molar-refractivity contribution in [3.8, 4) is 11.5 Å². The van der Waals surface area contributed by atoms with Gasteiger partial charge in [-0.05, 0) is 203 Å². The fraction of sp³-hybridized carbons (Fsp3) is 0.360. The van der Waals surface area contributed by atoms with Crippen LogP contribution in [-0.2, 0) is 39.8 Å². The molecule has 107 heavy (non-hydrogen) atoms. The molecule has 6 aromatic carbocycles. The van der Waals surface area contributed by atoms with Crippen LogP contribution in [0.4, 0.5) is 75.1 Å². The summed E-state index contributed by atoms with van der Waals surface area (Å²) in [5.41, 5.74) is 6.76. The second-order valence-electron chi connectivity index (χ2n) is 27.7. The van der Waals surface area contributed by atoms with E-state index in [1.807, 2.05) is 68.4 Å². The minimum absolute atomic E-state index is 0.175. The normalized spacial score (nSPS) is 14.1. The Labute approximate surface area is 644 Å². The van der Waals surface area contributed by atoms with Crippen LogP contribution in [0.3, 0.4) is 0 Å². The second kappa shape index (κ2) is 35.7. The van der Waals surface area contributed by atoms with Crippen LogP contribution in [0.5, 0.6) is 11.5 Å². The average Bonchev–Trinajstić information content (AvgIpc) is 0.813. The van der Waals surface area contributed by atoms with E-state index in [4.69, 9.17) is 44.3 Å². The maximum Gasteiger partial charge on any atom is 0.229 e. The van der Waals surface area contributed by atoms with Gasteiger partial charge < -0.3 is 64.9 Å². The topological polar surface area (TPSA) is 297 Å². The third-order valence-corrected chi connectivity index (χ3v) is 28.0. The van der Waals surface area contributed by atoms with Crippen molar-refractivity contribution in [2.24, 2.45) is 0 Å². The molecule has 11 rings (SSSR count). The van der Waals surface area contributed by atoms with E-state index in [9.17, 15) is 30.5 Å². The van der Waals surface area contributed by atoms with Gasteiger partial charge in [-0.3, -0.25) is 4.90 Å². The van der Waals surface area contributed by atoms with E-state index in [1.54, 1.807) is 137 Å². The summed E-state index contributed by atoms with van der Waals surface area (Å²) in [6, 6.07) is 36.7. The lowest BCUT2D eigenvalue weighted by atomic mass is 10.0. The Balaban J connectivity index is 0.000000188. The van der Waals surface area contributed by atoms with Gasteiger partial charge in [-0.2, -0.15) is 15.0 Å². The first-order valence-electron chi connectivity index (χ1n) is 34.8. The van der Waals surface area contributed by atoms with Crippen LogP contribution < -0.4 is 62.2 Å². The van der Waals surface area contributed by atoms with E-state index in [0.29, 0.717) is 57.3 Å². The standard InChI is InChI=1S/C30H41ClN7O3P.C23H28ClN4O3PS.C22H26ClN4O3PS/c1-36-14-16-38(17-15-36)21-10-12-37(13-11-21)22-6-8-26(27(18-22)40-2)34-30-32-20-24(31)29(35-30)33-25-9-7-23(42(4,5)39)19-28(25)41-3;1-6-16-13-17(32(4,5)29)11-12-19(16)27-23-25-14-18(24)22(28-23)26-20-9-7-8-10-21(20)33(30,31)15(2)3;1-14(2)32(29,30)20-9-7-6-8-19(20)25-21-17(23)13-24-22(27-21)26-18-11-10-16(12-15(18)3)31(4,5)28/h6-9,18-21H,10-17H2,1-5H3,(H2,32,33,34,35);7-15H,6H2,1-5H3,(H2,25,26,27,28);6-14H,1-5H3,(H2,24,25,26,27). The summed E-state index contributed by atoms with van der Waals surface area (Å²) in [4.78, 5) is 34.2. The molecule has 0 aliphatic carbocycles. The summed E-state index contributed by atoms with van der Waals surface area (Å²) in [5, 5.41) is 21.0. The van der Waals surface area contributed by atoms with Gasteiger partial charge in [0.25, 0.3) is 0 Å². The molecule has 0 unspecified atom stereocenters. The van der Waals surface area contributed by atoms with Crippen LogP contribution in [0, 0.1) is 6.92 Å². The number of aromatic nitrogens is 6. The lowest BCUT2D eigenvalue weighted by Crippen LogP contribution is -2.52. The van der Waals surface area contributed by atoms with Gasteiger partial charge in [0.15, 0.2) is 37.1 Å². The third-order valence-electron chi connectivity index (χ3n) is 18.2. The number of sulfone groups is 2. The molecule has 0 radical (unpaired) electrons. The van der Waals surface area contributed by atoms with Gasteiger partial charge >= 0.3 is 0 Å². The number of halogens is 3. The zero-order valence-corrected chi connectivity index (χ0v) is 69.5. The van der Waals surface area contributed by atoms with Gasteiger partial charge in [-0.1, -0.05) is 66.0 Å². The third kappa shape index (κ3) is 21.6. The molecule has 24 nitrogen and oxygen atoms in total. The van der Waals surface area contributed by atoms with Crippen molar-refractivity contribution in [2.75, 3.05) is 137 Å². The summed E-state index contributed by atoms with van der Waals surface area (Å²) in [7, 11) is -8.75. The Hall–Kier alpha value is -7.86. The van der Waals surface area contributed by atoms with E-state index in [1.165, 1.54) is 44.5 Å². The van der Waals surface area contributed by atoms with Gasteiger partial charge in [-0.15, -0.1) is 0 Å². The van der Waals surface area contributed by atoms with Crippen LogP contribution >= 0.6 is 56.2 Å². The lowest BCUT2D eigenvalue weighted by molar-refractivity contribution is 0.0982. The number of aryl methyl sites for hydroxylation is 2. The van der Waals surface area contributed by atoms with Crippen molar-refractivity contribution in [2.45, 2.75) is 87.1 Å². The number of nitrogens with one attached hydrogen (secondary N) is 6. The molecular formula is C75H95Cl3N15O9P3S2. The molecule has 5 heterocycles. The average molecular weight is 1610 g/mol. The van der Waals surface area contributed by atoms with E-state index >= 15 is 0 Å². The number of ether oxygens (including phenoxy) is 2. The highest BCUT2D eigenvalue weighted by molar-refractivity contribution is 7.92. The Morgan fingerprint density at radius 1 is 0.486 bits per heavy atom. The quantitative estimate of drug-likeness (QED) is 0.0306. The number of likely N-dealkylation sites (N-methyl/N-ethyl adjacent to an activating group) is 1. The highest BCUT2D eigenvalue weighted by Gasteiger charge is 2.29. The van der Waals surface area contributed by atoms with Crippen molar-refractivity contribution < 1.29 is 40.0 Å². The summed E-state index contributed by atoms with van der Waals surface area (Å²) < 4.78 is 99.6. The molecule has 2 fully saturated rings. The number of piperidine rings is 1. The Kier molecular flexibility index (Phi) is 27.7. The van der Waals surface area contributed by atoms with Crippen molar-refractivity contribution in [1.29, 1.82) is 0 Å². The number of nitrogens with zero attached hydrogens (tertiary/aromatic N) is 9. The van der Waals surface area contributed by atoms with Crippen LogP contribution in [0.15, 0.2) is 150 Å². The SMILES string of the molecule is CCc1cc(P(C)(C)=O)ccc1Nc1ncc(Cl)c(Nc2ccccc2S(=O)(=O)C(C)C)n1.COc1cc(N2CCC(N3CCN(C)CC3)CC2)ccc1Nc1ncc(Cl)c(Nc2ccc(P(C)(C)=O)cc2OC)n1.Cc1cc(P(C)(C)=O)ccc1Nc1ncc(Cl)c(Nc2ccccc2S(=O)(=O)C(C)C)n1. The number of methoxy groups -OCH3 is 2. The molecule has 2 saturated heterocycles. The summed E-state index contributed by atoms with van der Waals surface area (Å²) in [5.74, 6) is 3.17. The number of rotatable bonds is 24. The minimum atomic E-state index is -3.51. The van der Waals surface area contributed by atoms with E-state index in [0.717, 1.165) is 82.4 Å². The number of para-hydroxylation sites is 2. The van der Waals surface area contributed by atoms with Crippen LogP contribution in [0.25, 0.3) is 0 Å². The van der Waals surface area contributed by atoms with E-state index < -0.39 is 51.6 Å². The molecule has 0 spiro atoms. The number of anilines is 13.